The zero-order valence-electron chi connectivity index (χ0n) is 57.0. The first-order valence-electron chi connectivity index (χ1n) is 31.9. The van der Waals surface area contributed by atoms with Crippen molar-refractivity contribution in [3.05, 3.63) is 34.9 Å². The Hall–Kier alpha value is -7.08. The van der Waals surface area contributed by atoms with Gasteiger partial charge in [0.15, 0.2) is 0 Å². The summed E-state index contributed by atoms with van der Waals surface area (Å²) in [5.74, 6) is -3.07. The number of ether oxygens (including phenoxy) is 2. The number of urea groups is 1. The highest BCUT2D eigenvalue weighted by Crippen LogP contribution is 2.30. The summed E-state index contributed by atoms with van der Waals surface area (Å²) >= 11 is 0. The second-order valence-corrected chi connectivity index (χ2v) is 28.2. The summed E-state index contributed by atoms with van der Waals surface area (Å²) in [6.07, 6.45) is 15.5. The molecule has 0 heterocycles. The Morgan fingerprint density at radius 2 is 0.922 bits per heavy atom. The van der Waals surface area contributed by atoms with Gasteiger partial charge in [0.05, 0.1) is 6.04 Å². The van der Waals surface area contributed by atoms with Crippen LogP contribution < -0.4 is 37.2 Å². The lowest BCUT2D eigenvalue weighted by atomic mass is 9.79. The summed E-state index contributed by atoms with van der Waals surface area (Å²) in [7, 11) is 0. The second-order valence-electron chi connectivity index (χ2n) is 28.2. The van der Waals surface area contributed by atoms with E-state index in [0.29, 0.717) is 58.0 Å². The monoisotopic (exact) mass is 1270 g/mol. The number of alkyl carbamates (subject to hydrolysis) is 1. The van der Waals surface area contributed by atoms with Gasteiger partial charge < -0.3 is 46.7 Å². The van der Waals surface area contributed by atoms with Crippen LogP contribution in [0, 0.1) is 16.2 Å². The molecule has 0 unspecified atom stereocenters. The van der Waals surface area contributed by atoms with Crippen molar-refractivity contribution in [2.45, 2.75) is 287 Å². The number of nitrogens with one attached hydrogen (secondary N) is 7. The van der Waals surface area contributed by atoms with Crippen LogP contribution in [-0.4, -0.2) is 121 Å². The molecular formula is C67H111N7O16. The van der Waals surface area contributed by atoms with Crippen molar-refractivity contribution in [1.29, 1.82) is 0 Å². The number of carbonyl (C=O) groups excluding carboxylic acids is 14. The summed E-state index contributed by atoms with van der Waals surface area (Å²) < 4.78 is 10.7. The normalized spacial score (nSPS) is 13.3. The molecule has 0 radical (unpaired) electrons. The van der Waals surface area contributed by atoms with Crippen molar-refractivity contribution in [2.24, 2.45) is 16.2 Å². The van der Waals surface area contributed by atoms with Crippen molar-refractivity contribution >= 4 is 66.0 Å². The zero-order chi connectivity index (χ0) is 69.2. The SMILES string of the molecule is CC(C)(C)CC[C@H](NC(=O)N[C@@H](CCC(=O)NCCCCCCCC(=O)N[C@@H](CCCCNC(=O)OC(C)(C)C)C(=O)N[C@@H](CCCCNC(=O)CCCc1ccc2c(c1)CCCC2)C(=O)C(=O)OC(C)(C)C)C(C)(C)C)C(C)(C)C.O=C=O.O=C=O.O=C=O. The summed E-state index contributed by atoms with van der Waals surface area (Å²) in [5, 5.41) is 20.7. The number of hydrogen-bond acceptors (Lipinski definition) is 16. The van der Waals surface area contributed by atoms with Crippen LogP contribution in [0.1, 0.15) is 249 Å². The van der Waals surface area contributed by atoms with Crippen molar-refractivity contribution < 1.29 is 76.6 Å². The Morgan fingerprint density at radius 1 is 0.467 bits per heavy atom. The summed E-state index contributed by atoms with van der Waals surface area (Å²) in [6, 6.07) is 3.99. The number of aryl methyl sites for hydroxylation is 3. The van der Waals surface area contributed by atoms with E-state index in [2.05, 4.69) is 118 Å². The molecule has 0 saturated heterocycles. The number of amides is 7. The highest BCUT2D eigenvalue weighted by Gasteiger charge is 2.34. The lowest BCUT2D eigenvalue weighted by Gasteiger charge is -2.36. The molecule has 90 heavy (non-hydrogen) atoms. The van der Waals surface area contributed by atoms with Crippen molar-refractivity contribution in [2.75, 3.05) is 19.6 Å². The van der Waals surface area contributed by atoms with E-state index in [1.165, 1.54) is 29.5 Å². The number of fused-ring (bicyclic) bond motifs is 1. The highest BCUT2D eigenvalue weighted by molar-refractivity contribution is 6.36. The molecule has 23 heteroatoms. The van der Waals surface area contributed by atoms with Crippen LogP contribution in [0.2, 0.25) is 0 Å². The van der Waals surface area contributed by atoms with E-state index < -0.39 is 47.0 Å². The first-order valence-corrected chi connectivity index (χ1v) is 31.9. The Kier molecular flexibility index (Phi) is 42.7. The minimum absolute atomic E-state index is 0.00120. The van der Waals surface area contributed by atoms with Gasteiger partial charge >= 0.3 is 36.5 Å². The molecule has 7 N–H and O–H groups in total. The van der Waals surface area contributed by atoms with Gasteiger partial charge in [-0.25, -0.2) is 14.4 Å². The molecule has 0 saturated carbocycles. The molecule has 7 amide bonds. The Morgan fingerprint density at radius 3 is 1.44 bits per heavy atom. The van der Waals surface area contributed by atoms with Gasteiger partial charge in [0.2, 0.25) is 23.6 Å². The molecule has 1 aromatic carbocycles. The maximum absolute atomic E-state index is 14.1. The lowest BCUT2D eigenvalue weighted by molar-refractivity contribution is -0.193. The van der Waals surface area contributed by atoms with Gasteiger partial charge in [-0.05, 0) is 184 Å². The first kappa shape index (κ1) is 85.0. The number of rotatable bonds is 34. The van der Waals surface area contributed by atoms with Crippen LogP contribution in [0.15, 0.2) is 18.2 Å². The number of Topliss-reactive ketones (excluding diaryl/α,β-unsaturated/α-hetero) is 1. The molecule has 1 aliphatic carbocycles. The topological polar surface area (TPSA) is 342 Å². The summed E-state index contributed by atoms with van der Waals surface area (Å²) in [4.78, 5) is 154. The number of ketones is 1. The third kappa shape index (κ3) is 45.2. The average Bonchev–Trinajstić information content (AvgIpc) is 1.79. The summed E-state index contributed by atoms with van der Waals surface area (Å²) in [6.45, 7) is 30.6. The molecule has 0 bridgehead atoms. The number of unbranched alkanes of at least 4 members (excludes halogenated alkanes) is 6. The van der Waals surface area contributed by atoms with Gasteiger partial charge in [0.1, 0.15) is 17.2 Å². The average molecular weight is 1270 g/mol. The molecule has 0 fully saturated rings. The van der Waals surface area contributed by atoms with Gasteiger partial charge in [-0.15, -0.1) is 0 Å². The Labute approximate surface area is 535 Å². The van der Waals surface area contributed by atoms with E-state index >= 15 is 0 Å². The maximum atomic E-state index is 14.1. The Bertz CT molecular complexity index is 2420. The van der Waals surface area contributed by atoms with Crippen molar-refractivity contribution in [3.63, 3.8) is 0 Å². The molecule has 23 nitrogen and oxygen atoms in total. The number of hydrogen-bond donors (Lipinski definition) is 7. The minimum Gasteiger partial charge on any atom is -0.454 e. The first-order chi connectivity index (χ1) is 41.9. The van der Waals surface area contributed by atoms with Gasteiger partial charge in [-0.2, -0.15) is 28.8 Å². The fourth-order valence-corrected chi connectivity index (χ4v) is 9.62. The smallest absolute Gasteiger partial charge is 0.407 e. The van der Waals surface area contributed by atoms with Crippen LogP contribution >= 0.6 is 0 Å². The van der Waals surface area contributed by atoms with E-state index in [9.17, 15) is 38.4 Å². The van der Waals surface area contributed by atoms with E-state index in [0.717, 1.165) is 64.2 Å². The molecule has 1 aromatic rings. The van der Waals surface area contributed by atoms with Gasteiger partial charge in [-0.3, -0.25) is 24.0 Å². The predicted octanol–water partition coefficient (Wildman–Crippen LogP) is 9.19. The zero-order valence-corrected chi connectivity index (χ0v) is 57.0. The number of benzene rings is 1. The molecule has 0 spiro atoms. The van der Waals surface area contributed by atoms with Crippen LogP contribution in [0.5, 0.6) is 0 Å². The molecule has 1 aliphatic rings. The fraction of sp³-hybridized carbons (Fsp3) is 0.746. The van der Waals surface area contributed by atoms with Gasteiger partial charge in [0.25, 0.3) is 5.78 Å². The van der Waals surface area contributed by atoms with Crippen LogP contribution in [-0.2, 0) is 86.3 Å². The predicted molar refractivity (Wildman–Crippen MR) is 337 cm³/mol. The molecule has 2 rings (SSSR count). The van der Waals surface area contributed by atoms with Crippen molar-refractivity contribution in [3.8, 4) is 0 Å². The third-order valence-corrected chi connectivity index (χ3v) is 14.4. The van der Waals surface area contributed by atoms with E-state index in [1.54, 1.807) is 41.5 Å². The molecule has 510 valence electrons. The molecule has 0 aromatic heterocycles. The lowest BCUT2D eigenvalue weighted by Crippen LogP contribution is -2.53. The van der Waals surface area contributed by atoms with E-state index in [1.807, 2.05) is 0 Å². The molecule has 0 aliphatic heterocycles. The maximum Gasteiger partial charge on any atom is 0.407 e. The van der Waals surface area contributed by atoms with E-state index in [-0.39, 0.29) is 103 Å². The number of esters is 1. The Balaban J connectivity index is 0. The standard InChI is InChI=1S/C64H111N7O10.3CO2/c1-60(2,3)40-39-51(62(7,8)9)71-58(78)70-50(61(4,5)6)37-38-53(73)66-41-24-18-16-17-19-33-54(74)68-49(32-23-26-43-67-59(79)81-64(13,14)15)56(76)69-48(55(75)57(77)80-63(10,11)12)31-22-25-42-65-52(72)34-27-28-45-35-36-46-29-20-21-30-47(46)44-45;3*2-1-3/h35-36,44,48-51H,16-34,37-43H2,1-15H3,(H,65,72)(H,66,73)(H,67,79)(H,68,74)(H,69,76)(H2,70,71,78);;;/t48-,49-,50-,51-;;;/m0.../s1. The quantitative estimate of drug-likeness (QED) is 0.0192. The molecular weight excluding hydrogens is 1160 g/mol. The number of carbonyl (C=O) groups is 8. The highest BCUT2D eigenvalue weighted by atomic mass is 16.6. The fourth-order valence-electron chi connectivity index (χ4n) is 9.62. The van der Waals surface area contributed by atoms with Crippen LogP contribution in [0.3, 0.4) is 0 Å². The summed E-state index contributed by atoms with van der Waals surface area (Å²) in [5.41, 5.74) is 2.28. The van der Waals surface area contributed by atoms with Crippen LogP contribution in [0.25, 0.3) is 0 Å². The second kappa shape index (κ2) is 45.2. The van der Waals surface area contributed by atoms with Gasteiger partial charge in [0, 0.05) is 51.0 Å². The van der Waals surface area contributed by atoms with Crippen molar-refractivity contribution in [1.82, 2.24) is 37.2 Å². The largest absolute Gasteiger partial charge is 0.454 e. The third-order valence-electron chi connectivity index (χ3n) is 14.4. The minimum atomic E-state index is -1.23. The van der Waals surface area contributed by atoms with E-state index in [4.69, 9.17) is 38.2 Å². The van der Waals surface area contributed by atoms with Crippen LogP contribution in [0.4, 0.5) is 9.59 Å². The van der Waals surface area contributed by atoms with Gasteiger partial charge in [-0.1, -0.05) is 99.8 Å². The molecule has 4 atom stereocenters.